The van der Waals surface area contributed by atoms with Crippen molar-refractivity contribution in [3.05, 3.63) is 74.0 Å². The molecule has 1 heterocycles. The Bertz CT molecular complexity index is 950. The lowest BCUT2D eigenvalue weighted by Crippen LogP contribution is -1.84. The zero-order valence-corrected chi connectivity index (χ0v) is 15.1. The molecule has 118 valence electrons. The molecule has 5 heteroatoms. The molecule has 0 aliphatic rings. The second-order valence-corrected chi connectivity index (χ2v) is 6.94. The van der Waals surface area contributed by atoms with Crippen molar-refractivity contribution in [3.8, 4) is 17.3 Å². The van der Waals surface area contributed by atoms with E-state index in [1.165, 1.54) is 16.9 Å². The first-order valence-corrected chi connectivity index (χ1v) is 8.80. The lowest BCUT2D eigenvalue weighted by Gasteiger charge is -2.01. The number of allylic oxidation sites excluding steroid dienone is 1. The van der Waals surface area contributed by atoms with Crippen LogP contribution in [0, 0.1) is 18.3 Å². The van der Waals surface area contributed by atoms with Gasteiger partial charge in [0.2, 0.25) is 0 Å². The normalized spacial score (nSPS) is 11.3. The molecule has 0 spiro atoms. The van der Waals surface area contributed by atoms with Gasteiger partial charge in [0, 0.05) is 16.0 Å². The van der Waals surface area contributed by atoms with Gasteiger partial charge in [0.05, 0.1) is 16.3 Å². The fraction of sp³-hybridized carbons (Fsp3) is 0.0526. The Balaban J connectivity index is 1.96. The number of rotatable bonds is 3. The van der Waals surface area contributed by atoms with Gasteiger partial charge in [0.15, 0.2) is 0 Å². The SMILES string of the molecule is Cc1ccc(C=C(C#N)c2nc(-c3ccc(Cl)cc3Cl)cs2)cc1. The van der Waals surface area contributed by atoms with E-state index in [2.05, 4.69) is 11.1 Å². The maximum Gasteiger partial charge on any atom is 0.134 e. The van der Waals surface area contributed by atoms with E-state index < -0.39 is 0 Å². The summed E-state index contributed by atoms with van der Waals surface area (Å²) >= 11 is 13.6. The number of aromatic nitrogens is 1. The van der Waals surface area contributed by atoms with Crippen LogP contribution in [0.25, 0.3) is 22.9 Å². The number of halogens is 2. The first-order valence-electron chi connectivity index (χ1n) is 7.16. The molecule has 0 unspecified atom stereocenters. The van der Waals surface area contributed by atoms with Gasteiger partial charge in [-0.2, -0.15) is 5.26 Å². The minimum absolute atomic E-state index is 0.528. The number of hydrogen-bond acceptors (Lipinski definition) is 3. The molecule has 0 aliphatic carbocycles. The van der Waals surface area contributed by atoms with E-state index in [1.54, 1.807) is 12.1 Å². The summed E-state index contributed by atoms with van der Waals surface area (Å²) in [6.45, 7) is 2.03. The van der Waals surface area contributed by atoms with E-state index in [0.29, 0.717) is 20.6 Å². The minimum atomic E-state index is 0.528. The molecule has 2 aromatic carbocycles. The molecule has 1 aromatic heterocycles. The Hall–Kier alpha value is -2.12. The molecule has 24 heavy (non-hydrogen) atoms. The maximum absolute atomic E-state index is 9.47. The minimum Gasteiger partial charge on any atom is -0.235 e. The molecule has 0 N–H and O–H groups in total. The zero-order valence-electron chi connectivity index (χ0n) is 12.8. The first kappa shape index (κ1) is 16.7. The molecule has 0 amide bonds. The van der Waals surface area contributed by atoms with Crippen LogP contribution in [0.15, 0.2) is 47.8 Å². The lowest BCUT2D eigenvalue weighted by molar-refractivity contribution is 1.37. The zero-order chi connectivity index (χ0) is 17.1. The Morgan fingerprint density at radius 2 is 1.92 bits per heavy atom. The van der Waals surface area contributed by atoms with Crippen LogP contribution in [0.2, 0.25) is 10.0 Å². The van der Waals surface area contributed by atoms with Crippen molar-refractivity contribution in [2.45, 2.75) is 6.92 Å². The highest BCUT2D eigenvalue weighted by molar-refractivity contribution is 7.11. The van der Waals surface area contributed by atoms with Gasteiger partial charge in [0.25, 0.3) is 0 Å². The molecule has 0 radical (unpaired) electrons. The van der Waals surface area contributed by atoms with Crippen molar-refractivity contribution in [1.29, 1.82) is 5.26 Å². The molecular formula is C19H12Cl2N2S. The predicted molar refractivity (Wildman–Crippen MR) is 102 cm³/mol. The quantitative estimate of drug-likeness (QED) is 0.494. The summed E-state index contributed by atoms with van der Waals surface area (Å²) in [6.07, 6.45) is 1.84. The second-order valence-electron chi connectivity index (χ2n) is 5.24. The molecule has 3 aromatic rings. The summed E-state index contributed by atoms with van der Waals surface area (Å²) in [5.74, 6) is 0. The van der Waals surface area contributed by atoms with Gasteiger partial charge in [-0.25, -0.2) is 4.98 Å². The Kier molecular flexibility index (Phi) is 5.01. The topological polar surface area (TPSA) is 36.7 Å². The monoisotopic (exact) mass is 370 g/mol. The molecule has 0 saturated carbocycles. The lowest BCUT2D eigenvalue weighted by atomic mass is 10.1. The second kappa shape index (κ2) is 7.19. The van der Waals surface area contributed by atoms with Gasteiger partial charge in [-0.3, -0.25) is 0 Å². The van der Waals surface area contributed by atoms with Gasteiger partial charge < -0.3 is 0 Å². The third-order valence-corrected chi connectivity index (χ3v) is 4.87. The van der Waals surface area contributed by atoms with Crippen LogP contribution in [0.4, 0.5) is 0 Å². The summed E-state index contributed by atoms with van der Waals surface area (Å²) in [5, 5.41) is 13.2. The summed E-state index contributed by atoms with van der Waals surface area (Å²) < 4.78 is 0. The fourth-order valence-electron chi connectivity index (χ4n) is 2.19. The molecule has 3 rings (SSSR count). The highest BCUT2D eigenvalue weighted by Gasteiger charge is 2.11. The van der Waals surface area contributed by atoms with E-state index >= 15 is 0 Å². The maximum atomic E-state index is 9.47. The van der Waals surface area contributed by atoms with Crippen LogP contribution in [0.1, 0.15) is 16.1 Å². The number of nitriles is 1. The number of nitrogens with zero attached hydrogens (tertiary/aromatic N) is 2. The van der Waals surface area contributed by atoms with Gasteiger partial charge in [-0.05, 0) is 36.8 Å². The van der Waals surface area contributed by atoms with Gasteiger partial charge in [-0.1, -0.05) is 53.0 Å². The molecular weight excluding hydrogens is 359 g/mol. The summed E-state index contributed by atoms with van der Waals surface area (Å²) in [4.78, 5) is 4.56. The molecule has 0 atom stereocenters. The van der Waals surface area contributed by atoms with Gasteiger partial charge in [-0.15, -0.1) is 11.3 Å². The molecule has 0 fully saturated rings. The third-order valence-electron chi connectivity index (χ3n) is 3.45. The van der Waals surface area contributed by atoms with E-state index in [0.717, 1.165) is 16.8 Å². The highest BCUT2D eigenvalue weighted by Crippen LogP contribution is 2.33. The molecule has 0 saturated heterocycles. The number of thiazole rings is 1. The third kappa shape index (κ3) is 3.68. The van der Waals surface area contributed by atoms with Crippen molar-refractivity contribution in [1.82, 2.24) is 4.98 Å². The number of aryl methyl sites for hydroxylation is 1. The fourth-order valence-corrected chi connectivity index (χ4v) is 3.48. The standard InChI is InChI=1S/C19H12Cl2N2S/c1-12-2-4-13(5-3-12)8-14(10-22)19-23-18(11-24-19)16-7-6-15(20)9-17(16)21/h2-9,11H,1H3. The smallest absolute Gasteiger partial charge is 0.134 e. The van der Waals surface area contributed by atoms with Crippen LogP contribution in [-0.4, -0.2) is 4.98 Å². The number of benzene rings is 2. The van der Waals surface area contributed by atoms with Crippen molar-refractivity contribution in [2.75, 3.05) is 0 Å². The van der Waals surface area contributed by atoms with Crippen LogP contribution >= 0.6 is 34.5 Å². The summed E-state index contributed by atoms with van der Waals surface area (Å²) in [5.41, 5.74) is 4.22. The van der Waals surface area contributed by atoms with E-state index in [9.17, 15) is 5.26 Å². The van der Waals surface area contributed by atoms with Crippen molar-refractivity contribution < 1.29 is 0 Å². The average molecular weight is 371 g/mol. The van der Waals surface area contributed by atoms with Crippen molar-refractivity contribution >= 4 is 46.2 Å². The van der Waals surface area contributed by atoms with Gasteiger partial charge in [0.1, 0.15) is 11.1 Å². The van der Waals surface area contributed by atoms with Crippen LogP contribution in [0.5, 0.6) is 0 Å². The highest BCUT2D eigenvalue weighted by atomic mass is 35.5. The largest absolute Gasteiger partial charge is 0.235 e. The average Bonchev–Trinajstić information content (AvgIpc) is 3.04. The molecule has 0 aliphatic heterocycles. The van der Waals surface area contributed by atoms with Crippen LogP contribution in [-0.2, 0) is 0 Å². The van der Waals surface area contributed by atoms with E-state index in [-0.39, 0.29) is 0 Å². The van der Waals surface area contributed by atoms with Crippen molar-refractivity contribution in [3.63, 3.8) is 0 Å². The summed E-state index contributed by atoms with van der Waals surface area (Å²) in [7, 11) is 0. The van der Waals surface area contributed by atoms with Crippen molar-refractivity contribution in [2.24, 2.45) is 0 Å². The van der Waals surface area contributed by atoms with Crippen LogP contribution < -0.4 is 0 Å². The first-order chi connectivity index (χ1) is 11.6. The Labute approximate surface area is 154 Å². The predicted octanol–water partition coefficient (Wildman–Crippen LogP) is 6.49. The molecule has 2 nitrogen and oxygen atoms in total. The van der Waals surface area contributed by atoms with Crippen LogP contribution in [0.3, 0.4) is 0 Å². The Morgan fingerprint density at radius 1 is 1.17 bits per heavy atom. The van der Waals surface area contributed by atoms with E-state index in [1.807, 2.05) is 48.7 Å². The van der Waals surface area contributed by atoms with E-state index in [4.69, 9.17) is 23.2 Å². The molecule has 0 bridgehead atoms. The summed E-state index contributed by atoms with van der Waals surface area (Å²) in [6, 6.07) is 15.5. The Morgan fingerprint density at radius 3 is 2.58 bits per heavy atom. The van der Waals surface area contributed by atoms with Gasteiger partial charge >= 0.3 is 0 Å². The number of hydrogen-bond donors (Lipinski definition) is 0.